The van der Waals surface area contributed by atoms with Crippen molar-refractivity contribution in [2.45, 2.75) is 25.3 Å². The Morgan fingerprint density at radius 3 is 2.65 bits per heavy atom. The third-order valence-electron chi connectivity index (χ3n) is 4.63. The molecule has 1 amide bonds. The van der Waals surface area contributed by atoms with Gasteiger partial charge in [-0.2, -0.15) is 4.98 Å². The lowest BCUT2D eigenvalue weighted by Gasteiger charge is -2.33. The molecule has 0 aliphatic carbocycles. The van der Waals surface area contributed by atoms with Gasteiger partial charge in [-0.05, 0) is 43.5 Å². The van der Waals surface area contributed by atoms with Crippen LogP contribution in [0.1, 0.15) is 41.6 Å². The van der Waals surface area contributed by atoms with Crippen molar-refractivity contribution in [2.75, 3.05) is 6.54 Å². The summed E-state index contributed by atoms with van der Waals surface area (Å²) in [6.07, 6.45) is 2.80. The summed E-state index contributed by atoms with van der Waals surface area (Å²) in [5.74, 6) is 0.903. The Kier molecular flexibility index (Phi) is 4.71. The first-order chi connectivity index (χ1) is 12.7. The van der Waals surface area contributed by atoms with E-state index >= 15 is 0 Å². The van der Waals surface area contributed by atoms with Crippen LogP contribution in [0.2, 0.25) is 5.02 Å². The van der Waals surface area contributed by atoms with E-state index in [-0.39, 0.29) is 11.9 Å². The van der Waals surface area contributed by atoms with E-state index in [4.69, 9.17) is 16.1 Å². The van der Waals surface area contributed by atoms with Crippen molar-refractivity contribution in [1.29, 1.82) is 0 Å². The first-order valence-electron chi connectivity index (χ1n) is 8.68. The Morgan fingerprint density at radius 2 is 1.85 bits per heavy atom. The molecule has 1 atom stereocenters. The minimum Gasteiger partial charge on any atom is -0.337 e. The minimum absolute atomic E-state index is 0.00667. The van der Waals surface area contributed by atoms with Gasteiger partial charge in [0.2, 0.25) is 11.7 Å². The highest BCUT2D eigenvalue weighted by Crippen LogP contribution is 2.33. The number of carbonyl (C=O) groups excluding carboxylic acids is 1. The summed E-state index contributed by atoms with van der Waals surface area (Å²) >= 11 is 6.23. The second kappa shape index (κ2) is 7.30. The van der Waals surface area contributed by atoms with Crippen molar-refractivity contribution in [2.24, 2.45) is 0 Å². The number of hydrogen-bond acceptors (Lipinski definition) is 4. The van der Waals surface area contributed by atoms with E-state index in [1.54, 1.807) is 6.07 Å². The molecule has 0 N–H and O–H groups in total. The van der Waals surface area contributed by atoms with Gasteiger partial charge < -0.3 is 9.42 Å². The molecule has 6 heteroatoms. The number of aromatic nitrogens is 2. The molecule has 1 aliphatic rings. The van der Waals surface area contributed by atoms with E-state index in [0.29, 0.717) is 28.8 Å². The zero-order valence-electron chi connectivity index (χ0n) is 14.1. The molecule has 5 nitrogen and oxygen atoms in total. The summed E-state index contributed by atoms with van der Waals surface area (Å²) in [6.45, 7) is 0.683. The molecule has 0 saturated carbocycles. The largest absolute Gasteiger partial charge is 0.337 e. The van der Waals surface area contributed by atoms with Crippen LogP contribution in [0.3, 0.4) is 0 Å². The molecular formula is C20H18ClN3O2. The van der Waals surface area contributed by atoms with Crippen molar-refractivity contribution >= 4 is 17.5 Å². The topological polar surface area (TPSA) is 59.2 Å². The lowest BCUT2D eigenvalue weighted by atomic mass is 10.0. The quantitative estimate of drug-likeness (QED) is 0.669. The normalized spacial score (nSPS) is 17.3. The third kappa shape index (κ3) is 3.22. The van der Waals surface area contributed by atoms with Crippen LogP contribution in [0.25, 0.3) is 11.4 Å². The number of hydrogen-bond donors (Lipinski definition) is 0. The van der Waals surface area contributed by atoms with Gasteiger partial charge in [-0.25, -0.2) is 0 Å². The van der Waals surface area contributed by atoms with Gasteiger partial charge in [0.1, 0.15) is 6.04 Å². The number of likely N-dealkylation sites (tertiary alicyclic amines) is 1. The van der Waals surface area contributed by atoms with Crippen molar-refractivity contribution < 1.29 is 9.32 Å². The summed E-state index contributed by atoms with van der Waals surface area (Å²) in [4.78, 5) is 19.3. The van der Waals surface area contributed by atoms with Crippen LogP contribution in [0.5, 0.6) is 0 Å². The van der Waals surface area contributed by atoms with Crippen molar-refractivity contribution in [1.82, 2.24) is 15.0 Å². The Hall–Kier alpha value is -2.66. The van der Waals surface area contributed by atoms with Gasteiger partial charge >= 0.3 is 0 Å². The summed E-state index contributed by atoms with van der Waals surface area (Å²) in [6, 6.07) is 16.5. The second-order valence-corrected chi connectivity index (χ2v) is 6.72. The summed E-state index contributed by atoms with van der Waals surface area (Å²) in [5.41, 5.74) is 1.39. The van der Waals surface area contributed by atoms with Crippen LogP contribution in [0, 0.1) is 0 Å². The second-order valence-electron chi connectivity index (χ2n) is 6.31. The monoisotopic (exact) mass is 367 g/mol. The Balaban J connectivity index is 1.63. The Bertz CT molecular complexity index is 910. The van der Waals surface area contributed by atoms with Crippen LogP contribution in [0.15, 0.2) is 59.1 Å². The first kappa shape index (κ1) is 16.8. The van der Waals surface area contributed by atoms with Gasteiger partial charge in [-0.1, -0.05) is 47.1 Å². The Morgan fingerprint density at radius 1 is 1.08 bits per heavy atom. The summed E-state index contributed by atoms with van der Waals surface area (Å²) in [7, 11) is 0. The molecule has 2 aromatic carbocycles. The molecule has 1 aliphatic heterocycles. The van der Waals surface area contributed by atoms with Crippen LogP contribution in [-0.2, 0) is 0 Å². The van der Waals surface area contributed by atoms with Crippen molar-refractivity contribution in [3.63, 3.8) is 0 Å². The van der Waals surface area contributed by atoms with E-state index < -0.39 is 0 Å². The lowest BCUT2D eigenvalue weighted by molar-refractivity contribution is 0.0561. The molecule has 1 saturated heterocycles. The molecule has 0 bridgehead atoms. The van der Waals surface area contributed by atoms with Crippen molar-refractivity contribution in [3.8, 4) is 11.4 Å². The molecule has 0 radical (unpaired) electrons. The molecule has 0 unspecified atom stereocenters. The van der Waals surface area contributed by atoms with Gasteiger partial charge in [-0.15, -0.1) is 0 Å². The fraction of sp³-hybridized carbons (Fsp3) is 0.250. The average molecular weight is 368 g/mol. The van der Waals surface area contributed by atoms with Gasteiger partial charge in [0.05, 0.1) is 5.02 Å². The molecule has 1 fully saturated rings. The van der Waals surface area contributed by atoms with E-state index in [0.717, 1.165) is 24.8 Å². The van der Waals surface area contributed by atoms with Crippen molar-refractivity contribution in [3.05, 3.63) is 71.1 Å². The smallest absolute Gasteiger partial charge is 0.254 e. The maximum Gasteiger partial charge on any atom is 0.254 e. The lowest BCUT2D eigenvalue weighted by Crippen LogP contribution is -2.38. The third-order valence-corrected chi connectivity index (χ3v) is 4.96. The van der Waals surface area contributed by atoms with E-state index in [1.165, 1.54) is 0 Å². The van der Waals surface area contributed by atoms with Crippen LogP contribution in [0.4, 0.5) is 0 Å². The van der Waals surface area contributed by atoms with Crippen LogP contribution in [-0.4, -0.2) is 27.5 Å². The number of nitrogens with zero attached hydrogens (tertiary/aromatic N) is 3. The zero-order valence-corrected chi connectivity index (χ0v) is 14.9. The van der Waals surface area contributed by atoms with Crippen LogP contribution >= 0.6 is 11.6 Å². The minimum atomic E-state index is -0.208. The van der Waals surface area contributed by atoms with Gasteiger partial charge in [0.15, 0.2) is 0 Å². The average Bonchev–Trinajstić information content (AvgIpc) is 3.18. The molecule has 4 rings (SSSR count). The number of halogens is 1. The molecule has 1 aromatic heterocycles. The molecule has 132 valence electrons. The van der Waals surface area contributed by atoms with Crippen LogP contribution < -0.4 is 0 Å². The summed E-state index contributed by atoms with van der Waals surface area (Å²) < 4.78 is 5.52. The number of amides is 1. The number of rotatable bonds is 3. The maximum absolute atomic E-state index is 12.9. The van der Waals surface area contributed by atoms with E-state index in [9.17, 15) is 4.79 Å². The highest BCUT2D eigenvalue weighted by atomic mass is 35.5. The van der Waals surface area contributed by atoms with Gasteiger partial charge in [0, 0.05) is 17.7 Å². The fourth-order valence-corrected chi connectivity index (χ4v) is 3.52. The van der Waals surface area contributed by atoms with Gasteiger partial charge in [0.25, 0.3) is 5.91 Å². The first-order valence-corrected chi connectivity index (χ1v) is 9.06. The molecule has 2 heterocycles. The maximum atomic E-state index is 12.9. The SMILES string of the molecule is O=C(c1ccccc1)N1CCCC[C@H]1c1nc(-c2ccccc2Cl)no1. The number of carbonyl (C=O) groups is 1. The molecule has 26 heavy (non-hydrogen) atoms. The standard InChI is InChI=1S/C20H18ClN3O2/c21-16-11-5-4-10-15(16)18-22-19(26-23-18)17-12-6-7-13-24(17)20(25)14-8-2-1-3-9-14/h1-5,8-11,17H,6-7,12-13H2/t17-/m0/s1. The van der Waals surface area contributed by atoms with E-state index in [1.807, 2.05) is 53.4 Å². The van der Waals surface area contributed by atoms with E-state index in [2.05, 4.69) is 10.1 Å². The molecule has 0 spiro atoms. The highest BCUT2D eigenvalue weighted by Gasteiger charge is 2.32. The number of benzene rings is 2. The predicted molar refractivity (Wildman–Crippen MR) is 98.8 cm³/mol. The highest BCUT2D eigenvalue weighted by molar-refractivity contribution is 6.33. The predicted octanol–water partition coefficient (Wildman–Crippen LogP) is 4.76. The molecular weight excluding hydrogens is 350 g/mol. The summed E-state index contributed by atoms with van der Waals surface area (Å²) in [5, 5.41) is 4.65. The zero-order chi connectivity index (χ0) is 17.9. The number of piperidine rings is 1. The fourth-order valence-electron chi connectivity index (χ4n) is 3.30. The molecule has 3 aromatic rings. The Labute approximate surface area is 156 Å². The van der Waals surface area contributed by atoms with Gasteiger partial charge in [-0.3, -0.25) is 4.79 Å².